The Kier molecular flexibility index (Phi) is 32.2. The molecule has 4 aliphatic heterocycles. The lowest BCUT2D eigenvalue weighted by Gasteiger charge is -2.51. The summed E-state index contributed by atoms with van der Waals surface area (Å²) in [6.45, 7) is 3.89. The van der Waals surface area contributed by atoms with Crippen molar-refractivity contribution in [2.24, 2.45) is 0 Å². The van der Waals surface area contributed by atoms with Crippen LogP contribution in [0.2, 0.25) is 0 Å². The Morgan fingerprint density at radius 3 is 1.33 bits per heavy atom. The van der Waals surface area contributed by atoms with E-state index in [0.29, 0.717) is 11.1 Å². The Hall–Kier alpha value is -9.03. The molecule has 4 aliphatic rings. The Bertz CT molecular complexity index is 3920. The molecule has 10 rings (SSSR count). The Morgan fingerprint density at radius 2 is 0.875 bits per heavy atom. The minimum Gasteiger partial charge on any atom is -0.465 e. The average Bonchev–Trinajstić information content (AvgIpc) is 0.753. The zero-order valence-electron chi connectivity index (χ0n) is 63.2. The number of nitrogens with one attached hydrogen (secondary N) is 2. The van der Waals surface area contributed by atoms with E-state index >= 15 is 0 Å². The molecule has 4 fully saturated rings. The fraction of sp³-hybridized carbons (Fsp3) is 0.476. The van der Waals surface area contributed by atoms with Crippen LogP contribution in [0, 0.1) is 0 Å². The average molecular weight is 1560 g/mol. The largest absolute Gasteiger partial charge is 0.465 e. The third-order valence-electron chi connectivity index (χ3n) is 18.8. The third-order valence-corrected chi connectivity index (χ3v) is 18.8. The molecule has 604 valence electrons. The number of aliphatic hydroxyl groups is 3. The van der Waals surface area contributed by atoms with E-state index in [1.165, 1.54) is 0 Å². The van der Waals surface area contributed by atoms with Gasteiger partial charge in [-0.15, -0.1) is 0 Å². The number of esters is 5. The minimum atomic E-state index is -2.86. The van der Waals surface area contributed by atoms with Crippen molar-refractivity contribution in [1.29, 1.82) is 0 Å². The van der Waals surface area contributed by atoms with Gasteiger partial charge in [0.05, 0.1) is 79.0 Å². The molecule has 0 radical (unpaired) electrons. The van der Waals surface area contributed by atoms with Crippen molar-refractivity contribution in [2.75, 3.05) is 33.5 Å². The van der Waals surface area contributed by atoms with Crippen molar-refractivity contribution in [3.63, 3.8) is 0 Å². The summed E-state index contributed by atoms with van der Waals surface area (Å²) in [7, 11) is 0.953. The number of methoxy groups -OCH3 is 1. The molecule has 30 nitrogen and oxygen atoms in total. The van der Waals surface area contributed by atoms with Crippen molar-refractivity contribution in [2.45, 2.75) is 216 Å². The van der Waals surface area contributed by atoms with Gasteiger partial charge in [-0.1, -0.05) is 182 Å². The first-order chi connectivity index (χ1) is 54.0. The van der Waals surface area contributed by atoms with Crippen LogP contribution in [0.5, 0.6) is 0 Å². The highest BCUT2D eigenvalue weighted by Gasteiger charge is 2.61. The lowest BCUT2D eigenvalue weighted by Crippen LogP contribution is -2.70. The summed E-state index contributed by atoms with van der Waals surface area (Å²) in [5, 5.41) is 42.7. The number of rotatable bonds is 37. The van der Waals surface area contributed by atoms with Crippen molar-refractivity contribution < 1.29 is 134 Å². The first-order valence-electron chi connectivity index (χ1n) is 36.8. The van der Waals surface area contributed by atoms with Crippen LogP contribution in [0.15, 0.2) is 182 Å². The van der Waals surface area contributed by atoms with Gasteiger partial charge in [0, 0.05) is 41.5 Å². The van der Waals surface area contributed by atoms with Gasteiger partial charge in [0.1, 0.15) is 92.0 Å². The van der Waals surface area contributed by atoms with Gasteiger partial charge < -0.3 is 111 Å². The molecule has 0 unspecified atom stereocenters. The van der Waals surface area contributed by atoms with Crippen LogP contribution in [-0.4, -0.2) is 219 Å². The molecule has 5 N–H and O–H groups in total. The highest BCUT2D eigenvalue weighted by molar-refractivity contribution is 5.79. The normalized spacial score (nSPS) is 28.3. The van der Waals surface area contributed by atoms with Crippen LogP contribution in [0.4, 0.5) is 0 Å². The van der Waals surface area contributed by atoms with E-state index in [1.54, 1.807) is 0 Å². The van der Waals surface area contributed by atoms with Crippen LogP contribution in [0.1, 0.15) is 81.3 Å². The molecular weight excluding hydrogens is 1460 g/mol. The molecule has 4 heterocycles. The predicted octanol–water partition coefficient (Wildman–Crippen LogP) is 5.46. The maximum atomic E-state index is 14.8. The summed E-state index contributed by atoms with van der Waals surface area (Å²) >= 11 is 0. The van der Waals surface area contributed by atoms with Gasteiger partial charge in [0.15, 0.2) is 31.1 Å². The number of carbonyl (C=O) groups is 7. The zero-order chi connectivity index (χ0) is 79.7. The van der Waals surface area contributed by atoms with E-state index in [0.717, 1.165) is 70.9 Å². The standard InChI is InChI=1S/C82H98N2O28/c1-49(85)83-66-61(104-52(4)88)38-82(81(94)95-7,112-73(66)71(106-54(6)90)65(105-53(5)89)47-98-51(3)87)103-48-62-68(91)69(92)67(84-50(2)86)79(108-62)111-75-70(99-41-57-30-18-10-19-31-57)63(45-96-39-55-26-14-8-15-27-55)109-80(77(75)102-44-60-36-24-13-25-37-60)110-72-64(46-97-40-56-28-16-9-17-29-56)107-78(93)76(101-43-59-34-22-12-23-35-59)74(72)100-42-58-32-20-11-21-33-58/h8-37,61-80,91-93H,38-48H2,1-7H3,(H,83,85)(H,84,86)/t61-,62+,63+,64+,65+,66+,67+,68+,69+,70-,71+,72+,73+,74-,75-,76+,77+,78+,79-,80-,82+/m0/s1. The molecule has 0 bridgehead atoms. The van der Waals surface area contributed by atoms with Gasteiger partial charge >= 0.3 is 29.8 Å². The Labute approximate surface area is 648 Å². The Morgan fingerprint density at radius 1 is 0.446 bits per heavy atom. The highest BCUT2D eigenvalue weighted by atomic mass is 16.8. The molecule has 0 aromatic heterocycles. The molecule has 112 heavy (non-hydrogen) atoms. The van der Waals surface area contributed by atoms with Crippen molar-refractivity contribution >= 4 is 41.7 Å². The van der Waals surface area contributed by atoms with Crippen LogP contribution in [-0.2, 0) is 158 Å². The molecule has 6 aromatic rings. The second-order valence-electron chi connectivity index (χ2n) is 27.3. The summed E-state index contributed by atoms with van der Waals surface area (Å²) in [4.78, 5) is 93.1. The number of carbonyl (C=O) groups excluding carboxylic acids is 7. The monoisotopic (exact) mass is 1560 g/mol. The number of amides is 2. The van der Waals surface area contributed by atoms with Gasteiger partial charge in [-0.05, 0) is 33.4 Å². The summed E-state index contributed by atoms with van der Waals surface area (Å²) in [5.41, 5.74) is 4.49. The van der Waals surface area contributed by atoms with E-state index in [4.69, 9.17) is 85.3 Å². The topological polar surface area (TPSA) is 370 Å². The van der Waals surface area contributed by atoms with Gasteiger partial charge in [-0.25, -0.2) is 4.79 Å². The fourth-order valence-corrected chi connectivity index (χ4v) is 13.7. The maximum absolute atomic E-state index is 14.8. The van der Waals surface area contributed by atoms with Gasteiger partial charge in [-0.3, -0.25) is 28.8 Å². The van der Waals surface area contributed by atoms with E-state index in [2.05, 4.69) is 10.6 Å². The van der Waals surface area contributed by atoms with Crippen LogP contribution >= 0.6 is 0 Å². The van der Waals surface area contributed by atoms with Gasteiger partial charge in [0.25, 0.3) is 5.79 Å². The molecule has 2 amide bonds. The number of benzene rings is 6. The lowest BCUT2D eigenvalue weighted by molar-refractivity contribution is -0.388. The van der Waals surface area contributed by atoms with E-state index in [9.17, 15) is 48.9 Å². The van der Waals surface area contributed by atoms with Crippen LogP contribution < -0.4 is 10.6 Å². The van der Waals surface area contributed by atoms with Crippen molar-refractivity contribution in [3.8, 4) is 0 Å². The van der Waals surface area contributed by atoms with E-state index < -0.39 is 190 Å². The highest BCUT2D eigenvalue weighted by Crippen LogP contribution is 2.41. The van der Waals surface area contributed by atoms with Crippen molar-refractivity contribution in [1.82, 2.24) is 10.6 Å². The van der Waals surface area contributed by atoms with Gasteiger partial charge in [-0.2, -0.15) is 0 Å². The minimum absolute atomic E-state index is 0.0128. The molecule has 21 atom stereocenters. The zero-order valence-corrected chi connectivity index (χ0v) is 63.2. The molecule has 4 saturated heterocycles. The number of hydrogen-bond acceptors (Lipinski definition) is 28. The third kappa shape index (κ3) is 24.3. The molecule has 0 spiro atoms. The SMILES string of the molecule is COC(=O)[C@@]1(OC[C@H]2O[C@@H](O[C@H]3[C@@H](OCc4ccccc4)[C@@H](COCc4ccccc4)O[C@@H](O[C@H]4[C@H](OCc5ccccc5)[C@@H](OCc5ccccc5)[C@H](O)O[C@@H]4COCc4ccccc4)[C@@H]3OCc3ccccc3)[C@H](NC(C)=O)[C@@H](O)[C@@H]2O)C[C@H](OC(C)=O)[C@@H](NC(C)=O)[C@H]([C@H](OC(C)=O)[C@@H](COC(C)=O)OC(C)=O)O1. The van der Waals surface area contributed by atoms with Crippen LogP contribution in [0.25, 0.3) is 0 Å². The Balaban J connectivity index is 1.09. The van der Waals surface area contributed by atoms with Gasteiger partial charge in [0.2, 0.25) is 11.8 Å². The summed E-state index contributed by atoms with van der Waals surface area (Å²) in [5.74, 6) is -9.57. The summed E-state index contributed by atoms with van der Waals surface area (Å²) < 4.78 is 117. The first-order valence-corrected chi connectivity index (χ1v) is 36.8. The molecule has 0 saturated carbocycles. The first kappa shape index (κ1) is 85.4. The summed E-state index contributed by atoms with van der Waals surface area (Å²) in [6, 6.07) is 52.3. The molecule has 30 heteroatoms. The summed E-state index contributed by atoms with van der Waals surface area (Å²) in [6.07, 6.45) is -30.0. The molecule has 6 aromatic carbocycles. The smallest absolute Gasteiger partial charge is 0.366 e. The second-order valence-corrected chi connectivity index (χ2v) is 27.3. The second kappa shape index (κ2) is 42.2. The quantitative estimate of drug-likeness (QED) is 0.0239. The molecular formula is C82H98N2O28. The lowest BCUT2D eigenvalue weighted by atomic mass is 9.87. The van der Waals surface area contributed by atoms with Crippen molar-refractivity contribution in [3.05, 3.63) is 215 Å². The molecule has 0 aliphatic carbocycles. The van der Waals surface area contributed by atoms with E-state index in [1.807, 2.05) is 182 Å². The number of ether oxygens (including phenoxy) is 18. The fourth-order valence-electron chi connectivity index (χ4n) is 13.7. The maximum Gasteiger partial charge on any atom is 0.366 e. The predicted molar refractivity (Wildman–Crippen MR) is 391 cm³/mol. The number of hydrogen-bond donors (Lipinski definition) is 5. The number of aliphatic hydroxyl groups excluding tert-OH is 3. The van der Waals surface area contributed by atoms with E-state index in [-0.39, 0.29) is 52.9 Å². The van der Waals surface area contributed by atoms with Crippen LogP contribution in [0.3, 0.4) is 0 Å².